The molecule has 0 aliphatic heterocycles. The van der Waals surface area contributed by atoms with E-state index in [0.29, 0.717) is 34.0 Å². The molecule has 0 atom stereocenters. The molecule has 0 spiro atoms. The molecule has 1 aromatic carbocycles. The molecule has 0 saturated heterocycles. The Morgan fingerprint density at radius 1 is 1.16 bits per heavy atom. The Balaban J connectivity index is 1.65. The molecule has 0 unspecified atom stereocenters. The predicted molar refractivity (Wildman–Crippen MR) is 128 cm³/mol. The van der Waals surface area contributed by atoms with E-state index >= 15 is 0 Å². The number of halogens is 2. The van der Waals surface area contributed by atoms with E-state index in [1.807, 2.05) is 20.2 Å². The monoisotopic (exact) mass is 494 g/mol. The SMILES string of the molecule is CN(C)CCCN(Cc1ccc(Cl)c(Cl)c1)C(=O)Cc1csc(NC(=O)c2ccco2)n1. The molecular weight excluding hydrogens is 471 g/mol. The number of thiazole rings is 1. The molecule has 0 bridgehead atoms. The standard InChI is InChI=1S/C22H24Cl2N4O3S/c1-27(2)8-4-9-28(13-15-6-7-17(23)18(24)11-15)20(29)12-16-14-32-22(25-16)26-21(30)19-5-3-10-31-19/h3,5-7,10-11,14H,4,8-9,12-13H2,1-2H3,(H,25,26,30). The molecule has 32 heavy (non-hydrogen) atoms. The molecule has 1 N–H and O–H groups in total. The van der Waals surface area contributed by atoms with Gasteiger partial charge in [0.05, 0.1) is 28.4 Å². The van der Waals surface area contributed by atoms with E-state index in [1.54, 1.807) is 34.5 Å². The molecule has 0 fully saturated rings. The summed E-state index contributed by atoms with van der Waals surface area (Å²) in [5, 5.41) is 5.81. The Kier molecular flexibility index (Phi) is 8.69. The van der Waals surface area contributed by atoms with Gasteiger partial charge < -0.3 is 14.2 Å². The fraction of sp³-hybridized carbons (Fsp3) is 0.318. The van der Waals surface area contributed by atoms with Gasteiger partial charge in [-0.1, -0.05) is 29.3 Å². The maximum Gasteiger partial charge on any atom is 0.293 e. The Morgan fingerprint density at radius 3 is 2.66 bits per heavy atom. The highest BCUT2D eigenvalue weighted by Crippen LogP contribution is 2.24. The third kappa shape index (κ3) is 7.06. The number of rotatable bonds is 10. The van der Waals surface area contributed by atoms with Crippen molar-refractivity contribution in [2.45, 2.75) is 19.4 Å². The maximum absolute atomic E-state index is 13.1. The minimum absolute atomic E-state index is 0.0518. The lowest BCUT2D eigenvalue weighted by Gasteiger charge is -2.24. The molecule has 3 aromatic rings. The zero-order valence-corrected chi connectivity index (χ0v) is 20.1. The van der Waals surface area contributed by atoms with Crippen LogP contribution >= 0.6 is 34.5 Å². The summed E-state index contributed by atoms with van der Waals surface area (Å²) >= 11 is 13.4. The predicted octanol–water partition coefficient (Wildman–Crippen LogP) is 4.82. The van der Waals surface area contributed by atoms with Gasteiger partial charge in [-0.25, -0.2) is 4.98 Å². The summed E-state index contributed by atoms with van der Waals surface area (Å²) < 4.78 is 5.08. The Hall–Kier alpha value is -2.39. The first-order valence-corrected chi connectivity index (χ1v) is 11.6. The number of hydrogen-bond acceptors (Lipinski definition) is 6. The number of amides is 2. The lowest BCUT2D eigenvalue weighted by molar-refractivity contribution is -0.131. The summed E-state index contributed by atoms with van der Waals surface area (Å²) in [5.41, 5.74) is 1.50. The highest BCUT2D eigenvalue weighted by Gasteiger charge is 2.18. The number of hydrogen-bond donors (Lipinski definition) is 1. The normalized spacial score (nSPS) is 11.0. The first-order valence-electron chi connectivity index (χ1n) is 9.97. The van der Waals surface area contributed by atoms with Gasteiger partial charge in [-0.05, 0) is 56.9 Å². The second kappa shape index (κ2) is 11.5. The molecule has 7 nitrogen and oxygen atoms in total. The third-order valence-corrected chi connectivity index (χ3v) is 6.14. The average molecular weight is 495 g/mol. The van der Waals surface area contributed by atoms with Gasteiger partial charge in [0.1, 0.15) is 0 Å². The van der Waals surface area contributed by atoms with E-state index in [0.717, 1.165) is 18.5 Å². The Labute approximate surface area is 200 Å². The number of nitrogens with zero attached hydrogens (tertiary/aromatic N) is 3. The van der Waals surface area contributed by atoms with Crippen LogP contribution in [0.5, 0.6) is 0 Å². The van der Waals surface area contributed by atoms with Crippen LogP contribution < -0.4 is 5.32 Å². The minimum Gasteiger partial charge on any atom is -0.459 e. The molecule has 2 amide bonds. The van der Waals surface area contributed by atoms with Gasteiger partial charge in [-0.3, -0.25) is 14.9 Å². The largest absolute Gasteiger partial charge is 0.459 e. The Bertz CT molecular complexity index is 1050. The summed E-state index contributed by atoms with van der Waals surface area (Å²) in [6.45, 7) is 1.89. The van der Waals surface area contributed by atoms with Gasteiger partial charge >= 0.3 is 0 Å². The summed E-state index contributed by atoms with van der Waals surface area (Å²) in [6, 6.07) is 8.59. The van der Waals surface area contributed by atoms with E-state index in [2.05, 4.69) is 15.2 Å². The fourth-order valence-electron chi connectivity index (χ4n) is 3.01. The van der Waals surface area contributed by atoms with Crippen molar-refractivity contribution in [1.82, 2.24) is 14.8 Å². The van der Waals surface area contributed by atoms with Crippen LogP contribution in [-0.4, -0.2) is 53.8 Å². The van der Waals surface area contributed by atoms with Gasteiger partial charge in [0.15, 0.2) is 10.9 Å². The van der Waals surface area contributed by atoms with Crippen LogP contribution in [0.25, 0.3) is 0 Å². The quantitative estimate of drug-likeness (QED) is 0.437. The van der Waals surface area contributed by atoms with Crippen LogP contribution in [0.2, 0.25) is 10.0 Å². The fourth-order valence-corrected chi connectivity index (χ4v) is 4.03. The minimum atomic E-state index is -0.382. The molecule has 2 aromatic heterocycles. The molecule has 170 valence electrons. The van der Waals surface area contributed by atoms with Crippen molar-refractivity contribution >= 4 is 51.5 Å². The van der Waals surface area contributed by atoms with Crippen molar-refractivity contribution in [3.63, 3.8) is 0 Å². The number of anilines is 1. The van der Waals surface area contributed by atoms with Gasteiger partial charge in [0.25, 0.3) is 5.91 Å². The van der Waals surface area contributed by atoms with Crippen molar-refractivity contribution in [3.8, 4) is 0 Å². The van der Waals surface area contributed by atoms with E-state index in [4.69, 9.17) is 27.6 Å². The molecule has 10 heteroatoms. The number of furan rings is 1. The number of benzene rings is 1. The number of carbonyl (C=O) groups excluding carboxylic acids is 2. The van der Waals surface area contributed by atoms with Crippen LogP contribution in [0, 0.1) is 0 Å². The van der Waals surface area contributed by atoms with Crippen LogP contribution in [0.4, 0.5) is 5.13 Å². The van der Waals surface area contributed by atoms with Crippen molar-refractivity contribution < 1.29 is 14.0 Å². The zero-order chi connectivity index (χ0) is 23.1. The van der Waals surface area contributed by atoms with Crippen molar-refractivity contribution in [2.24, 2.45) is 0 Å². The summed E-state index contributed by atoms with van der Waals surface area (Å²) in [6.07, 6.45) is 2.40. The highest BCUT2D eigenvalue weighted by molar-refractivity contribution is 7.14. The van der Waals surface area contributed by atoms with Crippen molar-refractivity contribution in [3.05, 3.63) is 69.0 Å². The molecule has 0 radical (unpaired) electrons. The van der Waals surface area contributed by atoms with Crippen LogP contribution in [0.15, 0.2) is 46.4 Å². The number of carbonyl (C=O) groups is 2. The molecular formula is C22H24Cl2N4O3S. The topological polar surface area (TPSA) is 78.7 Å². The number of aromatic nitrogens is 1. The molecule has 3 rings (SSSR count). The second-order valence-electron chi connectivity index (χ2n) is 7.47. The van der Waals surface area contributed by atoms with Crippen LogP contribution in [-0.2, 0) is 17.8 Å². The maximum atomic E-state index is 13.1. The zero-order valence-electron chi connectivity index (χ0n) is 17.8. The van der Waals surface area contributed by atoms with Gasteiger partial charge in [0, 0.05) is 18.5 Å². The molecule has 0 aliphatic carbocycles. The van der Waals surface area contributed by atoms with Crippen molar-refractivity contribution in [2.75, 3.05) is 32.5 Å². The Morgan fingerprint density at radius 2 is 1.97 bits per heavy atom. The third-order valence-electron chi connectivity index (χ3n) is 4.59. The van der Waals surface area contributed by atoms with Gasteiger partial charge in [0.2, 0.25) is 5.91 Å². The molecule has 0 aliphatic rings. The van der Waals surface area contributed by atoms with Gasteiger partial charge in [-0.2, -0.15) is 0 Å². The smallest absolute Gasteiger partial charge is 0.293 e. The number of nitrogens with one attached hydrogen (secondary N) is 1. The second-order valence-corrected chi connectivity index (χ2v) is 9.15. The summed E-state index contributed by atoms with van der Waals surface area (Å²) in [4.78, 5) is 33.4. The lowest BCUT2D eigenvalue weighted by Crippen LogP contribution is -2.34. The molecule has 2 heterocycles. The molecule has 0 saturated carbocycles. The van der Waals surface area contributed by atoms with Crippen molar-refractivity contribution in [1.29, 1.82) is 0 Å². The van der Waals surface area contributed by atoms with Crippen LogP contribution in [0.1, 0.15) is 28.2 Å². The summed E-state index contributed by atoms with van der Waals surface area (Å²) in [7, 11) is 4.00. The summed E-state index contributed by atoms with van der Waals surface area (Å²) in [5.74, 6) is -0.234. The first kappa shape index (κ1) is 24.3. The van der Waals surface area contributed by atoms with Gasteiger partial charge in [-0.15, -0.1) is 11.3 Å². The van der Waals surface area contributed by atoms with E-state index in [-0.39, 0.29) is 24.0 Å². The highest BCUT2D eigenvalue weighted by atomic mass is 35.5. The van der Waals surface area contributed by atoms with E-state index in [9.17, 15) is 9.59 Å². The van der Waals surface area contributed by atoms with E-state index in [1.165, 1.54) is 17.6 Å². The lowest BCUT2D eigenvalue weighted by atomic mass is 10.2. The van der Waals surface area contributed by atoms with E-state index < -0.39 is 0 Å². The average Bonchev–Trinajstić information content (AvgIpc) is 3.42. The first-order chi connectivity index (χ1) is 15.3. The van der Waals surface area contributed by atoms with Crippen LogP contribution in [0.3, 0.4) is 0 Å².